The van der Waals surface area contributed by atoms with Crippen molar-refractivity contribution >= 4 is 20.0 Å². The van der Waals surface area contributed by atoms with Gasteiger partial charge in [-0.15, -0.1) is 0 Å². The van der Waals surface area contributed by atoms with Gasteiger partial charge in [-0.3, -0.25) is 9.88 Å². The highest BCUT2D eigenvalue weighted by Crippen LogP contribution is 2.27. The van der Waals surface area contributed by atoms with E-state index in [1.165, 1.54) is 43.1 Å². The summed E-state index contributed by atoms with van der Waals surface area (Å²) in [5.41, 5.74) is 2.76. The van der Waals surface area contributed by atoms with Crippen LogP contribution in [0.15, 0.2) is 23.9 Å². The van der Waals surface area contributed by atoms with Crippen molar-refractivity contribution in [1.82, 2.24) is 9.88 Å². The minimum atomic E-state index is 0.558. The number of hydrogen-bond donors (Lipinski definition) is 0. The summed E-state index contributed by atoms with van der Waals surface area (Å²) in [7, 11) is 0.885. The van der Waals surface area contributed by atoms with Crippen molar-refractivity contribution in [2.75, 3.05) is 19.3 Å². The van der Waals surface area contributed by atoms with Crippen LogP contribution in [-0.2, 0) is 0 Å². The van der Waals surface area contributed by atoms with E-state index in [9.17, 15) is 0 Å². The Kier molecular flexibility index (Phi) is 5.54. The van der Waals surface area contributed by atoms with E-state index < -0.39 is 0 Å². The Morgan fingerprint density at radius 2 is 2.05 bits per heavy atom. The van der Waals surface area contributed by atoms with Crippen LogP contribution in [0.2, 0.25) is 0 Å². The normalized spacial score (nSPS) is 17.4. The van der Waals surface area contributed by atoms with Gasteiger partial charge in [-0.2, -0.15) is 0 Å². The lowest BCUT2D eigenvalue weighted by Gasteiger charge is -2.32. The minimum absolute atomic E-state index is 0.558. The molecule has 1 aliphatic heterocycles. The molecule has 2 atom stereocenters. The fourth-order valence-corrected chi connectivity index (χ4v) is 4.01. The predicted octanol–water partition coefficient (Wildman–Crippen LogP) is 3.29. The van der Waals surface area contributed by atoms with E-state index in [1.54, 1.807) is 5.57 Å². The molecule has 1 aliphatic rings. The average Bonchev–Trinajstić information content (AvgIpc) is 2.46. The third-order valence-corrected chi connectivity index (χ3v) is 5.14. The number of aromatic nitrogens is 1. The van der Waals surface area contributed by atoms with Gasteiger partial charge in [0.05, 0.1) is 5.69 Å². The van der Waals surface area contributed by atoms with Gasteiger partial charge in [-0.05, 0) is 62.0 Å². The number of rotatable bonds is 6. The maximum atomic E-state index is 4.52. The maximum absolute atomic E-state index is 4.52. The number of nitrogens with zero attached hydrogens (tertiary/aromatic N) is 2. The van der Waals surface area contributed by atoms with Crippen molar-refractivity contribution in [3.05, 3.63) is 29.6 Å². The summed E-state index contributed by atoms with van der Waals surface area (Å²) in [5, 5.41) is 1.43. The van der Waals surface area contributed by atoms with E-state index in [2.05, 4.69) is 48.9 Å². The van der Waals surface area contributed by atoms with E-state index in [0.717, 1.165) is 8.58 Å². The van der Waals surface area contributed by atoms with Crippen molar-refractivity contribution < 1.29 is 0 Å². The zero-order valence-corrected chi connectivity index (χ0v) is 13.3. The standard InChI is InChI=1S/C16H25N2P/c1-4-9-18(10-5-2)13(3)14-11-15-16(19-12-14)7-6-8-17-15/h6-8,11,13,19H,4-5,9-10,12H2,1-3H3. The zero-order valence-electron chi connectivity index (χ0n) is 12.3. The topological polar surface area (TPSA) is 16.1 Å². The molecule has 2 heterocycles. The molecule has 0 N–H and O–H groups in total. The summed E-state index contributed by atoms with van der Waals surface area (Å²) >= 11 is 0. The highest BCUT2D eigenvalue weighted by molar-refractivity contribution is 7.47. The highest BCUT2D eigenvalue weighted by atomic mass is 31.1. The van der Waals surface area contributed by atoms with Crippen LogP contribution in [0.4, 0.5) is 0 Å². The fraction of sp³-hybridized carbons (Fsp3) is 0.562. The summed E-state index contributed by atoms with van der Waals surface area (Å²) in [5.74, 6) is 0. The van der Waals surface area contributed by atoms with E-state index in [0.29, 0.717) is 6.04 Å². The lowest BCUT2D eigenvalue weighted by Crippen LogP contribution is -2.37. The van der Waals surface area contributed by atoms with Gasteiger partial charge >= 0.3 is 0 Å². The molecular formula is C16H25N2P. The summed E-state index contributed by atoms with van der Waals surface area (Å²) in [6, 6.07) is 4.82. The van der Waals surface area contributed by atoms with E-state index >= 15 is 0 Å². The van der Waals surface area contributed by atoms with Crippen LogP contribution in [-0.4, -0.2) is 35.2 Å². The molecule has 0 saturated heterocycles. The highest BCUT2D eigenvalue weighted by Gasteiger charge is 2.20. The summed E-state index contributed by atoms with van der Waals surface area (Å²) in [6.45, 7) is 9.29. The van der Waals surface area contributed by atoms with Crippen LogP contribution in [0.3, 0.4) is 0 Å². The molecule has 0 bridgehead atoms. The molecule has 3 heteroatoms. The molecule has 0 saturated carbocycles. The second-order valence-electron chi connectivity index (χ2n) is 5.22. The number of fused-ring (bicyclic) bond motifs is 1. The summed E-state index contributed by atoms with van der Waals surface area (Å²) in [4.78, 5) is 7.13. The Labute approximate surface area is 119 Å². The second kappa shape index (κ2) is 7.17. The first-order chi connectivity index (χ1) is 9.26. The first-order valence-corrected chi connectivity index (χ1v) is 8.60. The molecule has 1 aromatic rings. The molecule has 2 rings (SSSR count). The van der Waals surface area contributed by atoms with Gasteiger partial charge < -0.3 is 0 Å². The Bertz CT molecular complexity index is 436. The van der Waals surface area contributed by atoms with Crippen molar-refractivity contribution in [2.45, 2.75) is 39.7 Å². The monoisotopic (exact) mass is 276 g/mol. The first-order valence-electron chi connectivity index (χ1n) is 7.39. The van der Waals surface area contributed by atoms with E-state index in [1.807, 2.05) is 6.20 Å². The van der Waals surface area contributed by atoms with Gasteiger partial charge in [0, 0.05) is 12.2 Å². The molecule has 104 valence electrons. The molecule has 2 nitrogen and oxygen atoms in total. The van der Waals surface area contributed by atoms with Gasteiger partial charge in [0.25, 0.3) is 0 Å². The molecule has 0 aliphatic carbocycles. The quantitative estimate of drug-likeness (QED) is 0.741. The Balaban J connectivity index is 2.15. The SMILES string of the molecule is CCCN(CCC)C(C)C1=Cc2ncccc2PC1. The van der Waals surface area contributed by atoms with Crippen molar-refractivity contribution in [2.24, 2.45) is 0 Å². The molecule has 19 heavy (non-hydrogen) atoms. The van der Waals surface area contributed by atoms with Crippen LogP contribution in [0.25, 0.3) is 6.08 Å². The van der Waals surface area contributed by atoms with Gasteiger partial charge in [-0.1, -0.05) is 28.5 Å². The van der Waals surface area contributed by atoms with Gasteiger partial charge in [0.1, 0.15) is 0 Å². The van der Waals surface area contributed by atoms with Gasteiger partial charge in [0.15, 0.2) is 0 Å². The van der Waals surface area contributed by atoms with Crippen LogP contribution in [0.1, 0.15) is 39.3 Å². The minimum Gasteiger partial charge on any atom is -0.297 e. The van der Waals surface area contributed by atoms with Crippen LogP contribution in [0, 0.1) is 0 Å². The maximum Gasteiger partial charge on any atom is 0.0704 e. The van der Waals surface area contributed by atoms with Gasteiger partial charge in [0.2, 0.25) is 0 Å². The molecule has 0 fully saturated rings. The van der Waals surface area contributed by atoms with Crippen molar-refractivity contribution in [3.8, 4) is 0 Å². The molecule has 0 aromatic carbocycles. The Morgan fingerprint density at radius 1 is 1.32 bits per heavy atom. The number of hydrogen-bond acceptors (Lipinski definition) is 2. The zero-order chi connectivity index (χ0) is 13.7. The van der Waals surface area contributed by atoms with Gasteiger partial charge in [-0.25, -0.2) is 0 Å². The molecule has 2 unspecified atom stereocenters. The molecule has 0 radical (unpaired) electrons. The number of pyridine rings is 1. The van der Waals surface area contributed by atoms with E-state index in [4.69, 9.17) is 0 Å². The lowest BCUT2D eigenvalue weighted by atomic mass is 10.1. The molecule has 0 spiro atoms. The van der Waals surface area contributed by atoms with Crippen molar-refractivity contribution in [1.29, 1.82) is 0 Å². The van der Waals surface area contributed by atoms with Crippen LogP contribution < -0.4 is 5.30 Å². The molecular weight excluding hydrogens is 251 g/mol. The fourth-order valence-electron chi connectivity index (χ4n) is 2.68. The molecule has 1 aromatic heterocycles. The Morgan fingerprint density at radius 3 is 2.74 bits per heavy atom. The van der Waals surface area contributed by atoms with Crippen molar-refractivity contribution in [3.63, 3.8) is 0 Å². The Hall–Kier alpha value is -0.720. The summed E-state index contributed by atoms with van der Waals surface area (Å²) < 4.78 is 0. The smallest absolute Gasteiger partial charge is 0.0704 e. The molecule has 0 amide bonds. The first kappa shape index (κ1) is 14.7. The third kappa shape index (κ3) is 3.64. The van der Waals surface area contributed by atoms with Crippen LogP contribution in [0.5, 0.6) is 0 Å². The lowest BCUT2D eigenvalue weighted by molar-refractivity contribution is 0.234. The second-order valence-corrected chi connectivity index (χ2v) is 6.47. The van der Waals surface area contributed by atoms with E-state index in [-0.39, 0.29) is 0 Å². The van der Waals surface area contributed by atoms with Crippen LogP contribution >= 0.6 is 8.58 Å². The largest absolute Gasteiger partial charge is 0.297 e. The summed E-state index contributed by atoms with van der Waals surface area (Å²) in [6.07, 6.45) is 7.91. The third-order valence-electron chi connectivity index (χ3n) is 3.75. The average molecular weight is 276 g/mol. The predicted molar refractivity (Wildman–Crippen MR) is 86.6 cm³/mol.